The Balaban J connectivity index is 1.49. The van der Waals surface area contributed by atoms with E-state index in [0.29, 0.717) is 32.5 Å². The Hall–Kier alpha value is -2.85. The molecular weight excluding hydrogens is 416 g/mol. The normalized spacial score (nSPS) is 23.1. The number of nitrogens with zero attached hydrogens (tertiary/aromatic N) is 1. The Morgan fingerprint density at radius 2 is 1.82 bits per heavy atom. The van der Waals surface area contributed by atoms with Gasteiger partial charge in [0.15, 0.2) is 0 Å². The Kier molecular flexibility index (Phi) is 6.24. The molecule has 6 heteroatoms. The fraction of sp³-hybridized carbons (Fsp3) is 0.444. The summed E-state index contributed by atoms with van der Waals surface area (Å²) >= 11 is 0. The smallest absolute Gasteiger partial charge is 0.411 e. The van der Waals surface area contributed by atoms with Crippen LogP contribution < -0.4 is 5.32 Å². The van der Waals surface area contributed by atoms with E-state index in [1.165, 1.54) is 0 Å². The average Bonchev–Trinajstić information content (AvgIpc) is 2.76. The van der Waals surface area contributed by atoms with Crippen LogP contribution in [0.3, 0.4) is 0 Å². The lowest BCUT2D eigenvalue weighted by Gasteiger charge is -2.45. The standard InChI is InChI=1S/C27H32N2O4/c1-20(22-11-9-21(10-12-22)13-14-26(32)18-28-19-26)29-16-15-27(33-24(29)30,17-25(2,3)31)23-7-5-4-6-8-23/h4-12,20,28,31-32H,15-19H2,1-3H3/t20-,27?/m0/s1. The van der Waals surface area contributed by atoms with E-state index in [0.717, 1.165) is 16.7 Å². The second-order valence-corrected chi connectivity index (χ2v) is 9.84. The summed E-state index contributed by atoms with van der Waals surface area (Å²) in [6.45, 7) is 6.97. The zero-order valence-corrected chi connectivity index (χ0v) is 19.5. The van der Waals surface area contributed by atoms with Crippen LogP contribution in [-0.4, -0.2) is 52.0 Å². The molecule has 6 nitrogen and oxygen atoms in total. The van der Waals surface area contributed by atoms with Gasteiger partial charge >= 0.3 is 6.09 Å². The van der Waals surface area contributed by atoms with Crippen molar-refractivity contribution in [2.24, 2.45) is 0 Å². The molecule has 2 aliphatic heterocycles. The van der Waals surface area contributed by atoms with Gasteiger partial charge in [0, 0.05) is 38.0 Å². The van der Waals surface area contributed by atoms with Crippen molar-refractivity contribution in [3.63, 3.8) is 0 Å². The van der Waals surface area contributed by atoms with Crippen molar-refractivity contribution in [2.45, 2.75) is 56.5 Å². The number of carbonyl (C=O) groups is 1. The molecule has 2 atom stereocenters. The molecule has 0 bridgehead atoms. The van der Waals surface area contributed by atoms with Crippen LogP contribution in [0.4, 0.5) is 4.79 Å². The van der Waals surface area contributed by atoms with E-state index in [1.54, 1.807) is 18.7 Å². The first kappa shape index (κ1) is 23.3. The molecule has 2 aromatic rings. The van der Waals surface area contributed by atoms with Crippen LogP contribution >= 0.6 is 0 Å². The third-order valence-corrected chi connectivity index (χ3v) is 6.43. The van der Waals surface area contributed by atoms with Crippen LogP contribution in [-0.2, 0) is 10.3 Å². The van der Waals surface area contributed by atoms with Gasteiger partial charge < -0.3 is 25.2 Å². The van der Waals surface area contributed by atoms with Gasteiger partial charge in [0.2, 0.25) is 0 Å². The Bertz CT molecular complexity index is 1050. The summed E-state index contributed by atoms with van der Waals surface area (Å²) in [6, 6.07) is 17.2. The number of β-amino-alcohol motifs (C(OH)–C–C–N with tert-alkyl or cyclic N) is 1. The maximum absolute atomic E-state index is 13.2. The average molecular weight is 449 g/mol. The van der Waals surface area contributed by atoms with Gasteiger partial charge in [0.25, 0.3) is 0 Å². The van der Waals surface area contributed by atoms with Crippen LogP contribution in [0, 0.1) is 11.8 Å². The van der Waals surface area contributed by atoms with Crippen molar-refractivity contribution >= 4 is 6.09 Å². The number of carbonyl (C=O) groups excluding carboxylic acids is 1. The number of cyclic esters (lactones) is 1. The summed E-state index contributed by atoms with van der Waals surface area (Å²) in [5.41, 5.74) is -0.0689. The molecule has 2 heterocycles. The summed E-state index contributed by atoms with van der Waals surface area (Å²) in [5.74, 6) is 5.94. The summed E-state index contributed by atoms with van der Waals surface area (Å²) in [4.78, 5) is 14.9. The first-order valence-corrected chi connectivity index (χ1v) is 11.4. The van der Waals surface area contributed by atoms with Crippen LogP contribution in [0.2, 0.25) is 0 Å². The molecule has 2 fully saturated rings. The molecule has 0 aliphatic carbocycles. The van der Waals surface area contributed by atoms with E-state index in [-0.39, 0.29) is 12.1 Å². The van der Waals surface area contributed by atoms with Crippen molar-refractivity contribution in [1.29, 1.82) is 0 Å². The van der Waals surface area contributed by atoms with E-state index < -0.39 is 16.8 Å². The third kappa shape index (κ3) is 5.22. The second kappa shape index (κ2) is 8.83. The highest BCUT2D eigenvalue weighted by Gasteiger charge is 2.46. The number of nitrogens with one attached hydrogen (secondary N) is 1. The summed E-state index contributed by atoms with van der Waals surface area (Å²) in [5, 5.41) is 23.7. The van der Waals surface area contributed by atoms with Crippen LogP contribution in [0.25, 0.3) is 0 Å². The first-order chi connectivity index (χ1) is 15.6. The topological polar surface area (TPSA) is 82.0 Å². The first-order valence-electron chi connectivity index (χ1n) is 11.4. The van der Waals surface area contributed by atoms with Crippen molar-refractivity contribution in [1.82, 2.24) is 10.2 Å². The van der Waals surface area contributed by atoms with E-state index >= 15 is 0 Å². The van der Waals surface area contributed by atoms with E-state index in [4.69, 9.17) is 4.74 Å². The molecule has 3 N–H and O–H groups in total. The molecule has 2 aliphatic rings. The minimum atomic E-state index is -0.983. The summed E-state index contributed by atoms with van der Waals surface area (Å²) in [6.07, 6.45) is 0.533. The zero-order valence-electron chi connectivity index (χ0n) is 19.5. The molecule has 2 saturated heterocycles. The van der Waals surface area contributed by atoms with Gasteiger partial charge in [0.1, 0.15) is 11.2 Å². The van der Waals surface area contributed by atoms with Crippen LogP contribution in [0.5, 0.6) is 0 Å². The van der Waals surface area contributed by atoms with Crippen LogP contribution in [0.1, 0.15) is 56.3 Å². The van der Waals surface area contributed by atoms with Gasteiger partial charge in [-0.3, -0.25) is 0 Å². The number of benzene rings is 2. The minimum absolute atomic E-state index is 0.171. The molecule has 1 unspecified atom stereocenters. The van der Waals surface area contributed by atoms with E-state index in [9.17, 15) is 15.0 Å². The molecule has 4 rings (SSSR count). The number of aliphatic hydroxyl groups is 2. The monoisotopic (exact) mass is 448 g/mol. The van der Waals surface area contributed by atoms with Gasteiger partial charge in [-0.2, -0.15) is 0 Å². The highest BCUT2D eigenvalue weighted by atomic mass is 16.6. The molecule has 33 heavy (non-hydrogen) atoms. The highest BCUT2D eigenvalue weighted by molar-refractivity contribution is 5.70. The predicted molar refractivity (Wildman–Crippen MR) is 126 cm³/mol. The zero-order chi connectivity index (χ0) is 23.7. The lowest BCUT2D eigenvalue weighted by molar-refractivity contribution is -0.101. The predicted octanol–water partition coefficient (Wildman–Crippen LogP) is 3.33. The number of rotatable bonds is 5. The highest BCUT2D eigenvalue weighted by Crippen LogP contribution is 2.42. The van der Waals surface area contributed by atoms with Crippen molar-refractivity contribution < 1.29 is 19.7 Å². The molecule has 1 amide bonds. The molecule has 0 aromatic heterocycles. The lowest BCUT2D eigenvalue weighted by atomic mass is 9.80. The van der Waals surface area contributed by atoms with Gasteiger partial charge in [0.05, 0.1) is 11.6 Å². The fourth-order valence-corrected chi connectivity index (χ4v) is 4.56. The molecular formula is C27H32N2O4. The third-order valence-electron chi connectivity index (χ3n) is 6.43. The molecule has 0 saturated carbocycles. The quantitative estimate of drug-likeness (QED) is 0.612. The Labute approximate surface area is 195 Å². The van der Waals surface area contributed by atoms with Gasteiger partial charge in [-0.15, -0.1) is 0 Å². The van der Waals surface area contributed by atoms with Gasteiger partial charge in [-0.05, 0) is 44.0 Å². The van der Waals surface area contributed by atoms with E-state index in [2.05, 4.69) is 17.2 Å². The number of hydrogen-bond acceptors (Lipinski definition) is 5. The Morgan fingerprint density at radius 1 is 1.15 bits per heavy atom. The van der Waals surface area contributed by atoms with Crippen molar-refractivity contribution in [2.75, 3.05) is 19.6 Å². The summed E-state index contributed by atoms with van der Waals surface area (Å²) < 4.78 is 6.08. The van der Waals surface area contributed by atoms with E-state index in [1.807, 2.05) is 61.5 Å². The number of amides is 1. The molecule has 174 valence electrons. The molecule has 0 radical (unpaired) electrons. The SMILES string of the molecule is C[C@@H](c1ccc(C#CC2(O)CNC2)cc1)N1CCC(CC(C)(C)O)(c2ccccc2)OC1=O. The number of ether oxygens (including phenoxy) is 1. The maximum atomic E-state index is 13.2. The van der Waals surface area contributed by atoms with Gasteiger partial charge in [-0.25, -0.2) is 4.79 Å². The van der Waals surface area contributed by atoms with Crippen molar-refractivity contribution in [3.8, 4) is 11.8 Å². The summed E-state index contributed by atoms with van der Waals surface area (Å²) in [7, 11) is 0. The molecule has 0 spiro atoms. The fourth-order valence-electron chi connectivity index (χ4n) is 4.56. The molecule has 2 aromatic carbocycles. The van der Waals surface area contributed by atoms with Crippen molar-refractivity contribution in [3.05, 3.63) is 71.3 Å². The maximum Gasteiger partial charge on any atom is 0.411 e. The second-order valence-electron chi connectivity index (χ2n) is 9.84. The minimum Gasteiger partial charge on any atom is -0.438 e. The lowest BCUT2D eigenvalue weighted by Crippen LogP contribution is -2.58. The number of hydrogen-bond donors (Lipinski definition) is 3. The largest absolute Gasteiger partial charge is 0.438 e. The van der Waals surface area contributed by atoms with Crippen LogP contribution in [0.15, 0.2) is 54.6 Å². The Morgan fingerprint density at radius 3 is 2.36 bits per heavy atom. The van der Waals surface area contributed by atoms with Gasteiger partial charge in [-0.1, -0.05) is 54.3 Å².